The molecule has 280 valence electrons. The van der Waals surface area contributed by atoms with Gasteiger partial charge in [0.15, 0.2) is 0 Å². The molecule has 1 N–H and O–H groups in total. The number of hydrogen-bond acceptors (Lipinski definition) is 7. The lowest BCUT2D eigenvalue weighted by Gasteiger charge is -2.71. The molecule has 10 heteroatoms. The number of nitrogens with zero attached hydrogens (tertiary/aromatic N) is 2. The fourth-order valence-corrected chi connectivity index (χ4v) is 12.9. The maximum atomic E-state index is 13.8. The van der Waals surface area contributed by atoms with Crippen LogP contribution in [0, 0.1) is 50.2 Å². The first-order valence-electron chi connectivity index (χ1n) is 18.9. The number of carboxylic acid groups (broad SMARTS) is 1. The first-order chi connectivity index (χ1) is 24.3. The van der Waals surface area contributed by atoms with Gasteiger partial charge in [-0.25, -0.2) is 19.6 Å². The lowest BCUT2D eigenvalue weighted by atomic mass is 9.33. The number of rotatable bonds is 5. The minimum absolute atomic E-state index is 0.0135. The summed E-state index contributed by atoms with van der Waals surface area (Å²) in [5, 5.41) is 10.9. The zero-order valence-electron chi connectivity index (χ0n) is 31.4. The number of halogens is 2. The van der Waals surface area contributed by atoms with Crippen molar-refractivity contribution in [2.45, 2.75) is 118 Å². The summed E-state index contributed by atoms with van der Waals surface area (Å²) in [5.74, 6) is -1.51. The summed E-state index contributed by atoms with van der Waals surface area (Å²) in [6, 6.07) is 6.46. The molecule has 0 amide bonds. The molecule has 5 aliphatic carbocycles. The van der Waals surface area contributed by atoms with Crippen molar-refractivity contribution >= 4 is 41.1 Å². The molecule has 4 fully saturated rings. The van der Waals surface area contributed by atoms with Crippen LogP contribution in [0.2, 0.25) is 10.3 Å². The van der Waals surface area contributed by atoms with Gasteiger partial charge in [-0.1, -0.05) is 83.3 Å². The first-order valence-corrected chi connectivity index (χ1v) is 19.6. The molecule has 0 radical (unpaired) electrons. The highest BCUT2D eigenvalue weighted by Crippen LogP contribution is 2.76. The lowest BCUT2D eigenvalue weighted by molar-refractivity contribution is -0.231. The molecule has 8 nitrogen and oxygen atoms in total. The normalized spacial score (nSPS) is 38.6. The van der Waals surface area contributed by atoms with E-state index in [0.717, 1.165) is 44.9 Å². The van der Waals surface area contributed by atoms with Gasteiger partial charge in [-0.15, -0.1) is 0 Å². The highest BCUT2D eigenvalue weighted by atomic mass is 35.5. The third-order valence-corrected chi connectivity index (χ3v) is 16.0. The second kappa shape index (κ2) is 12.5. The predicted molar refractivity (Wildman–Crippen MR) is 199 cm³/mol. The largest absolute Gasteiger partial charge is 0.481 e. The van der Waals surface area contributed by atoms with Crippen molar-refractivity contribution in [3.8, 4) is 0 Å². The lowest BCUT2D eigenvalue weighted by Crippen LogP contribution is -2.67. The summed E-state index contributed by atoms with van der Waals surface area (Å²) in [6.07, 6.45) is 11.1. The Morgan fingerprint density at radius 2 is 1.38 bits per heavy atom. The fourth-order valence-electron chi connectivity index (χ4n) is 12.5. The Morgan fingerprint density at radius 3 is 1.98 bits per heavy atom. The van der Waals surface area contributed by atoms with Gasteiger partial charge in [0.2, 0.25) is 0 Å². The number of carbonyl (C=O) groups is 3. The third-order valence-electron chi connectivity index (χ3n) is 15.4. The number of carbonyl (C=O) groups excluding carboxylic acids is 2. The van der Waals surface area contributed by atoms with Crippen LogP contribution in [-0.4, -0.2) is 45.2 Å². The van der Waals surface area contributed by atoms with E-state index in [-0.39, 0.29) is 60.8 Å². The fraction of sp³-hybridized carbons (Fsp3) is 0.643. The van der Waals surface area contributed by atoms with Gasteiger partial charge in [-0.2, -0.15) is 0 Å². The van der Waals surface area contributed by atoms with Crippen molar-refractivity contribution in [1.82, 2.24) is 9.97 Å². The van der Waals surface area contributed by atoms with Gasteiger partial charge in [0.1, 0.15) is 22.5 Å². The maximum Gasteiger partial charge on any atom is 0.341 e. The first kappa shape index (κ1) is 37.3. The van der Waals surface area contributed by atoms with Crippen LogP contribution in [0.15, 0.2) is 48.3 Å². The zero-order valence-corrected chi connectivity index (χ0v) is 32.9. The van der Waals surface area contributed by atoms with Crippen molar-refractivity contribution < 1.29 is 29.0 Å². The molecule has 2 heterocycles. The van der Waals surface area contributed by atoms with E-state index in [9.17, 15) is 19.5 Å². The van der Waals surface area contributed by atoms with E-state index in [1.807, 2.05) is 0 Å². The molecule has 0 unspecified atom stereocenters. The van der Waals surface area contributed by atoms with Crippen LogP contribution in [-0.2, 0) is 14.3 Å². The monoisotopic (exact) mass is 750 g/mol. The Balaban J connectivity index is 1.29. The minimum Gasteiger partial charge on any atom is -0.481 e. The molecule has 4 saturated carbocycles. The average molecular weight is 752 g/mol. The van der Waals surface area contributed by atoms with Gasteiger partial charge < -0.3 is 14.6 Å². The van der Waals surface area contributed by atoms with Crippen LogP contribution >= 0.6 is 23.2 Å². The molecule has 9 atom stereocenters. The summed E-state index contributed by atoms with van der Waals surface area (Å²) in [5.41, 5.74) is -0.182. The molecule has 0 saturated heterocycles. The van der Waals surface area contributed by atoms with E-state index < -0.39 is 40.9 Å². The number of aliphatic carboxylic acids is 1. The third kappa shape index (κ3) is 5.47. The molecule has 52 heavy (non-hydrogen) atoms. The molecular formula is C42H52Cl2N2O6. The van der Waals surface area contributed by atoms with E-state index in [4.69, 9.17) is 32.7 Å². The van der Waals surface area contributed by atoms with Gasteiger partial charge in [-0.3, -0.25) is 4.79 Å². The minimum atomic E-state index is -0.787. The van der Waals surface area contributed by atoms with Crippen molar-refractivity contribution in [3.63, 3.8) is 0 Å². The molecular weight excluding hydrogens is 699 g/mol. The molecule has 5 aliphatic rings. The van der Waals surface area contributed by atoms with E-state index in [1.54, 1.807) is 24.3 Å². The maximum absolute atomic E-state index is 13.8. The number of ether oxygens (including phenoxy) is 2. The molecule has 7 rings (SSSR count). The number of esters is 2. The summed E-state index contributed by atoms with van der Waals surface area (Å²) >= 11 is 12.7. The molecule has 0 aliphatic heterocycles. The van der Waals surface area contributed by atoms with Crippen LogP contribution in [0.1, 0.15) is 127 Å². The average Bonchev–Trinajstić information content (AvgIpc) is 3.06. The van der Waals surface area contributed by atoms with Gasteiger partial charge in [0, 0.05) is 17.8 Å². The molecule has 0 aromatic carbocycles. The number of pyridine rings is 2. The van der Waals surface area contributed by atoms with Crippen LogP contribution < -0.4 is 0 Å². The Hall–Kier alpha value is -2.97. The smallest absolute Gasteiger partial charge is 0.341 e. The molecule has 2 aromatic heterocycles. The Morgan fingerprint density at radius 1 is 0.788 bits per heavy atom. The summed E-state index contributed by atoms with van der Waals surface area (Å²) in [6.45, 7) is 16.1. The van der Waals surface area contributed by atoms with Gasteiger partial charge in [0.25, 0.3) is 0 Å². The number of aromatic nitrogens is 2. The number of hydrogen-bond donors (Lipinski definition) is 1. The second-order valence-electron chi connectivity index (χ2n) is 18.7. The Kier molecular flexibility index (Phi) is 9.01. The van der Waals surface area contributed by atoms with Crippen molar-refractivity contribution in [3.05, 3.63) is 69.7 Å². The second-order valence-corrected chi connectivity index (χ2v) is 19.4. The highest BCUT2D eigenvalue weighted by molar-refractivity contribution is 6.32. The molecule has 0 spiro atoms. The Labute approximate surface area is 317 Å². The number of allylic oxidation sites excluding steroid dienone is 2. The van der Waals surface area contributed by atoms with Crippen LogP contribution in [0.5, 0.6) is 0 Å². The Bertz CT molecular complexity index is 1840. The van der Waals surface area contributed by atoms with E-state index >= 15 is 0 Å². The van der Waals surface area contributed by atoms with Crippen LogP contribution in [0.4, 0.5) is 0 Å². The van der Waals surface area contributed by atoms with E-state index in [2.05, 4.69) is 64.5 Å². The predicted octanol–water partition coefficient (Wildman–Crippen LogP) is 10.0. The SMILES string of the molecule is CC1(C)CC[C@]2(C(=O)O)CC[C@]3(C)C(=CC[C@@H]4[C@@]5(C)C[C@@H](OC(=O)c6cccnc6Cl)[C@H](OC(=O)c6cccnc6Cl)C(C)(C)[C@@H]5CC[C@]43C)[C@@H]2C1. The van der Waals surface area contributed by atoms with Crippen LogP contribution in [0.3, 0.4) is 0 Å². The van der Waals surface area contributed by atoms with Crippen molar-refractivity contribution in [2.75, 3.05) is 0 Å². The number of carboxylic acids is 1. The van der Waals surface area contributed by atoms with Gasteiger partial charge >= 0.3 is 17.9 Å². The van der Waals surface area contributed by atoms with E-state index in [0.29, 0.717) is 12.8 Å². The van der Waals surface area contributed by atoms with Gasteiger partial charge in [0.05, 0.1) is 16.5 Å². The number of fused-ring (bicyclic) bond motifs is 7. The quantitative estimate of drug-likeness (QED) is 0.182. The van der Waals surface area contributed by atoms with Crippen molar-refractivity contribution in [1.29, 1.82) is 0 Å². The molecule has 2 aromatic rings. The van der Waals surface area contributed by atoms with Gasteiger partial charge in [-0.05, 0) is 121 Å². The summed E-state index contributed by atoms with van der Waals surface area (Å²) < 4.78 is 12.8. The highest BCUT2D eigenvalue weighted by Gasteiger charge is 2.71. The standard InChI is InChI=1S/C42H52Cl2N2O6/c1-37(2)16-18-42(36(49)50)19-17-40(6)26(27(42)22-37)12-13-30-39(5)23-28(51-34(47)24-10-8-20-45-32(24)43)31(38(3,4)29(39)14-15-41(30,40)7)52-35(48)25-11-9-21-46-33(25)44/h8-12,20-21,27-31H,13-19,22-23H2,1-7H3,(H,49,50)/t27-,28+,29-,30+,31-,39-,40+,41+,42-/m0/s1. The van der Waals surface area contributed by atoms with Crippen LogP contribution in [0.25, 0.3) is 0 Å². The summed E-state index contributed by atoms with van der Waals surface area (Å²) in [4.78, 5) is 48.9. The van der Waals surface area contributed by atoms with E-state index in [1.165, 1.54) is 18.0 Å². The molecule has 0 bridgehead atoms. The van der Waals surface area contributed by atoms with Crippen molar-refractivity contribution in [2.24, 2.45) is 50.2 Å². The topological polar surface area (TPSA) is 116 Å². The summed E-state index contributed by atoms with van der Waals surface area (Å²) in [7, 11) is 0. The zero-order chi connectivity index (χ0) is 37.6.